The van der Waals surface area contributed by atoms with E-state index >= 15 is 0 Å². The van der Waals surface area contributed by atoms with Crippen molar-refractivity contribution in [3.05, 3.63) is 24.5 Å². The van der Waals surface area contributed by atoms with Crippen LogP contribution in [0.15, 0.2) is 28.3 Å². The minimum absolute atomic E-state index is 0.146. The van der Waals surface area contributed by atoms with Gasteiger partial charge in [-0.1, -0.05) is 23.8 Å². The summed E-state index contributed by atoms with van der Waals surface area (Å²) in [5, 5.41) is 6.89. The van der Waals surface area contributed by atoms with E-state index in [1.807, 2.05) is 6.92 Å². The number of imidazole rings is 1. The largest absolute Gasteiger partial charge is 0.360 e. The molecular formula is C13H14N6O2S. The number of amides is 1. The predicted molar refractivity (Wildman–Crippen MR) is 81.5 cm³/mol. The maximum Gasteiger partial charge on any atom is 0.239 e. The minimum atomic E-state index is -0.307. The molecule has 3 aromatic rings. The second-order valence-electron chi connectivity index (χ2n) is 4.61. The average molecular weight is 318 g/mol. The van der Waals surface area contributed by atoms with Gasteiger partial charge in [0.05, 0.1) is 11.6 Å². The normalized spacial score (nSPS) is 12.5. The van der Waals surface area contributed by atoms with Crippen LogP contribution in [0.3, 0.4) is 0 Å². The first-order valence-electron chi connectivity index (χ1n) is 6.72. The number of anilines is 1. The second kappa shape index (κ2) is 6.14. The Bertz CT molecular complexity index is 799. The number of carbonyl (C=O) groups excluding carboxylic acids is 1. The van der Waals surface area contributed by atoms with E-state index in [-0.39, 0.29) is 11.2 Å². The third kappa shape index (κ3) is 2.93. The molecule has 0 aromatic carbocycles. The van der Waals surface area contributed by atoms with Crippen LogP contribution >= 0.6 is 11.8 Å². The van der Waals surface area contributed by atoms with E-state index in [0.29, 0.717) is 28.7 Å². The molecule has 3 heterocycles. The topological polar surface area (TPSA) is 110 Å². The number of aromatic amines is 1. The number of carbonyl (C=O) groups is 1. The smallest absolute Gasteiger partial charge is 0.239 e. The van der Waals surface area contributed by atoms with Gasteiger partial charge in [-0.25, -0.2) is 15.0 Å². The maximum atomic E-state index is 12.3. The lowest BCUT2D eigenvalue weighted by Crippen LogP contribution is -2.24. The summed E-state index contributed by atoms with van der Waals surface area (Å²) >= 11 is 1.36. The predicted octanol–water partition coefficient (Wildman–Crippen LogP) is 2.16. The first-order valence-corrected chi connectivity index (χ1v) is 7.60. The molecule has 1 unspecified atom stereocenters. The molecule has 0 bridgehead atoms. The lowest BCUT2D eigenvalue weighted by atomic mass is 10.3. The van der Waals surface area contributed by atoms with Crippen molar-refractivity contribution < 1.29 is 9.32 Å². The molecule has 0 aliphatic carbocycles. The first kappa shape index (κ1) is 14.5. The Morgan fingerprint density at radius 2 is 2.32 bits per heavy atom. The highest BCUT2D eigenvalue weighted by molar-refractivity contribution is 8.00. The molecule has 1 amide bonds. The molecule has 114 valence electrons. The third-order valence-corrected chi connectivity index (χ3v) is 4.35. The zero-order chi connectivity index (χ0) is 15.5. The Labute approximate surface area is 130 Å². The van der Waals surface area contributed by atoms with E-state index in [0.717, 1.165) is 5.52 Å². The molecule has 0 saturated carbocycles. The van der Waals surface area contributed by atoms with Crippen molar-refractivity contribution in [3.8, 4) is 0 Å². The molecule has 3 aromatic heterocycles. The van der Waals surface area contributed by atoms with E-state index in [1.165, 1.54) is 18.1 Å². The summed E-state index contributed by atoms with van der Waals surface area (Å²) in [6.45, 7) is 3.71. The van der Waals surface area contributed by atoms with Gasteiger partial charge in [-0.05, 0) is 13.3 Å². The summed E-state index contributed by atoms with van der Waals surface area (Å²) in [6.07, 6.45) is 3.65. The number of thioether (sulfide) groups is 1. The number of fused-ring (bicyclic) bond motifs is 1. The maximum absolute atomic E-state index is 12.3. The molecule has 1 atom stereocenters. The van der Waals surface area contributed by atoms with Crippen molar-refractivity contribution >= 4 is 34.7 Å². The summed E-state index contributed by atoms with van der Waals surface area (Å²) in [7, 11) is 0. The summed E-state index contributed by atoms with van der Waals surface area (Å²) in [5.41, 5.74) is 1.32. The zero-order valence-electron chi connectivity index (χ0n) is 12.0. The first-order chi connectivity index (χ1) is 10.7. The molecule has 0 spiro atoms. The number of aromatic nitrogens is 5. The number of aryl methyl sites for hydroxylation is 1. The zero-order valence-corrected chi connectivity index (χ0v) is 12.8. The van der Waals surface area contributed by atoms with E-state index in [4.69, 9.17) is 4.52 Å². The average Bonchev–Trinajstić information content (AvgIpc) is 3.13. The highest BCUT2D eigenvalue weighted by Crippen LogP contribution is 2.28. The van der Waals surface area contributed by atoms with Crippen molar-refractivity contribution in [1.29, 1.82) is 0 Å². The molecule has 0 radical (unpaired) electrons. The monoisotopic (exact) mass is 318 g/mol. The third-order valence-electron chi connectivity index (χ3n) is 2.98. The standard InChI is InChI=1S/C13H14N6O2S/c1-3-8(12(20)18-9-4-7(2)21-19-9)22-13-10-11(15-5-14-10)16-6-17-13/h4-6,8H,3H2,1-2H3,(H,18,19,20)(H,14,15,16,17). The Kier molecular flexibility index (Phi) is 4.05. The lowest BCUT2D eigenvalue weighted by molar-refractivity contribution is -0.115. The van der Waals surface area contributed by atoms with Gasteiger partial charge in [-0.3, -0.25) is 4.79 Å². The Morgan fingerprint density at radius 3 is 3.05 bits per heavy atom. The fraction of sp³-hybridized carbons (Fsp3) is 0.308. The number of rotatable bonds is 5. The minimum Gasteiger partial charge on any atom is -0.360 e. The number of nitrogens with one attached hydrogen (secondary N) is 2. The van der Waals surface area contributed by atoms with Crippen LogP contribution in [0.2, 0.25) is 0 Å². The van der Waals surface area contributed by atoms with E-state index < -0.39 is 0 Å². The number of nitrogens with zero attached hydrogens (tertiary/aromatic N) is 4. The highest BCUT2D eigenvalue weighted by Gasteiger charge is 2.21. The fourth-order valence-corrected chi connectivity index (χ4v) is 2.90. The molecule has 0 aliphatic rings. The van der Waals surface area contributed by atoms with E-state index in [1.54, 1.807) is 19.3 Å². The van der Waals surface area contributed by atoms with Crippen LogP contribution in [0.1, 0.15) is 19.1 Å². The van der Waals surface area contributed by atoms with Crippen LogP contribution in [-0.2, 0) is 4.79 Å². The Morgan fingerprint density at radius 1 is 1.45 bits per heavy atom. The SMILES string of the molecule is CCC(Sc1ncnc2nc[nH]c12)C(=O)Nc1cc(C)on1. The fourth-order valence-electron chi connectivity index (χ4n) is 1.92. The van der Waals surface area contributed by atoms with Crippen LogP contribution < -0.4 is 5.32 Å². The van der Waals surface area contributed by atoms with Crippen molar-refractivity contribution in [2.75, 3.05) is 5.32 Å². The van der Waals surface area contributed by atoms with Crippen LogP contribution in [0.5, 0.6) is 0 Å². The van der Waals surface area contributed by atoms with Gasteiger partial charge in [0.25, 0.3) is 0 Å². The van der Waals surface area contributed by atoms with Crippen LogP contribution in [0.25, 0.3) is 11.2 Å². The number of hydrogen-bond acceptors (Lipinski definition) is 7. The van der Waals surface area contributed by atoms with Gasteiger partial charge in [0.2, 0.25) is 5.91 Å². The van der Waals surface area contributed by atoms with Gasteiger partial charge in [-0.15, -0.1) is 0 Å². The van der Waals surface area contributed by atoms with Crippen molar-refractivity contribution in [1.82, 2.24) is 25.1 Å². The van der Waals surface area contributed by atoms with Gasteiger partial charge in [0.15, 0.2) is 11.5 Å². The molecule has 0 saturated heterocycles. The quantitative estimate of drug-likeness (QED) is 0.548. The molecule has 0 aliphatic heterocycles. The molecule has 3 rings (SSSR count). The van der Waals surface area contributed by atoms with Gasteiger partial charge in [-0.2, -0.15) is 0 Å². The van der Waals surface area contributed by atoms with E-state index in [9.17, 15) is 4.79 Å². The molecule has 0 fully saturated rings. The van der Waals surface area contributed by atoms with Crippen LogP contribution in [0, 0.1) is 6.92 Å². The molecule has 22 heavy (non-hydrogen) atoms. The van der Waals surface area contributed by atoms with Crippen molar-refractivity contribution in [2.24, 2.45) is 0 Å². The molecule has 2 N–H and O–H groups in total. The molecular weight excluding hydrogens is 304 g/mol. The lowest BCUT2D eigenvalue weighted by Gasteiger charge is -2.12. The highest BCUT2D eigenvalue weighted by atomic mass is 32.2. The summed E-state index contributed by atoms with van der Waals surface area (Å²) in [4.78, 5) is 27.7. The van der Waals surface area contributed by atoms with Crippen LogP contribution in [-0.4, -0.2) is 36.2 Å². The summed E-state index contributed by atoms with van der Waals surface area (Å²) in [6, 6.07) is 1.67. The summed E-state index contributed by atoms with van der Waals surface area (Å²) < 4.78 is 4.94. The second-order valence-corrected chi connectivity index (χ2v) is 5.80. The van der Waals surface area contributed by atoms with Gasteiger partial charge in [0.1, 0.15) is 22.6 Å². The van der Waals surface area contributed by atoms with E-state index in [2.05, 4.69) is 30.4 Å². The Hall–Kier alpha value is -2.42. The number of H-pyrrole nitrogens is 1. The molecule has 9 heteroatoms. The summed E-state index contributed by atoms with van der Waals surface area (Å²) in [5.74, 6) is 0.911. The number of hydrogen-bond donors (Lipinski definition) is 2. The van der Waals surface area contributed by atoms with Crippen LogP contribution in [0.4, 0.5) is 5.82 Å². The van der Waals surface area contributed by atoms with Gasteiger partial charge < -0.3 is 14.8 Å². The van der Waals surface area contributed by atoms with Crippen molar-refractivity contribution in [2.45, 2.75) is 30.5 Å². The Balaban J connectivity index is 1.76. The van der Waals surface area contributed by atoms with Gasteiger partial charge in [0, 0.05) is 6.07 Å². The van der Waals surface area contributed by atoms with Gasteiger partial charge >= 0.3 is 0 Å². The molecule has 8 nitrogen and oxygen atoms in total. The van der Waals surface area contributed by atoms with Crippen molar-refractivity contribution in [3.63, 3.8) is 0 Å².